The van der Waals surface area contributed by atoms with Gasteiger partial charge in [0.1, 0.15) is 5.82 Å². The van der Waals surface area contributed by atoms with Gasteiger partial charge in [0.25, 0.3) is 0 Å². The van der Waals surface area contributed by atoms with Crippen LogP contribution in [-0.4, -0.2) is 66.6 Å². The van der Waals surface area contributed by atoms with Gasteiger partial charge in [-0.3, -0.25) is 9.59 Å². The van der Waals surface area contributed by atoms with Gasteiger partial charge in [-0.2, -0.15) is 4.98 Å². The van der Waals surface area contributed by atoms with Crippen molar-refractivity contribution in [1.82, 2.24) is 14.9 Å². The van der Waals surface area contributed by atoms with Gasteiger partial charge in [-0.05, 0) is 6.92 Å². The number of likely N-dealkylation sites (tertiary alicyclic amines) is 1. The standard InChI is InChI=1S/C15H20N4O4/c1-9-4-12(17-15(16-9)23-3)18-7-11(8-18)19-6-10(5-13(19)20)14(21)22-2/h4,10-11H,5-8H2,1-3H3. The SMILES string of the molecule is COC(=O)C1CC(=O)N(C2CN(c3cc(C)nc(OC)n3)C2)C1. The van der Waals surface area contributed by atoms with E-state index in [0.29, 0.717) is 25.6 Å². The van der Waals surface area contributed by atoms with Crippen LogP contribution in [0.1, 0.15) is 12.1 Å². The molecule has 3 rings (SSSR count). The minimum Gasteiger partial charge on any atom is -0.469 e. The maximum absolute atomic E-state index is 12.1. The van der Waals surface area contributed by atoms with Crippen molar-refractivity contribution in [3.05, 3.63) is 11.8 Å². The first-order valence-electron chi connectivity index (χ1n) is 7.53. The lowest BCUT2D eigenvalue weighted by Crippen LogP contribution is -2.60. The van der Waals surface area contributed by atoms with E-state index in [4.69, 9.17) is 9.47 Å². The monoisotopic (exact) mass is 320 g/mol. The van der Waals surface area contributed by atoms with E-state index in [-0.39, 0.29) is 30.3 Å². The Hall–Kier alpha value is -2.38. The van der Waals surface area contributed by atoms with E-state index in [0.717, 1.165) is 11.5 Å². The number of hydrogen-bond donors (Lipinski definition) is 0. The highest BCUT2D eigenvalue weighted by atomic mass is 16.5. The van der Waals surface area contributed by atoms with E-state index in [1.807, 2.05) is 13.0 Å². The van der Waals surface area contributed by atoms with Gasteiger partial charge < -0.3 is 19.3 Å². The molecule has 0 radical (unpaired) electrons. The number of aromatic nitrogens is 2. The van der Waals surface area contributed by atoms with Crippen molar-refractivity contribution >= 4 is 17.7 Å². The van der Waals surface area contributed by atoms with Crippen molar-refractivity contribution in [3.8, 4) is 6.01 Å². The Kier molecular flexibility index (Phi) is 4.06. The quantitative estimate of drug-likeness (QED) is 0.722. The summed E-state index contributed by atoms with van der Waals surface area (Å²) >= 11 is 0. The number of esters is 1. The Balaban J connectivity index is 1.62. The molecule has 8 nitrogen and oxygen atoms in total. The average molecular weight is 320 g/mol. The lowest BCUT2D eigenvalue weighted by atomic mass is 10.1. The summed E-state index contributed by atoms with van der Waals surface area (Å²) in [5, 5.41) is 0. The predicted octanol–water partition coefficient (Wildman–Crippen LogP) is 0.00372. The molecule has 0 aromatic carbocycles. The molecular formula is C15H20N4O4. The highest BCUT2D eigenvalue weighted by Crippen LogP contribution is 2.28. The zero-order valence-corrected chi connectivity index (χ0v) is 13.5. The van der Waals surface area contributed by atoms with Gasteiger partial charge in [-0.25, -0.2) is 4.98 Å². The second-order valence-corrected chi connectivity index (χ2v) is 5.88. The molecule has 1 atom stereocenters. The van der Waals surface area contributed by atoms with Gasteiger partial charge in [-0.1, -0.05) is 0 Å². The molecule has 0 N–H and O–H groups in total. The fraction of sp³-hybridized carbons (Fsp3) is 0.600. The number of rotatable bonds is 4. The van der Waals surface area contributed by atoms with Crippen LogP contribution in [0, 0.1) is 12.8 Å². The van der Waals surface area contributed by atoms with Crippen molar-refractivity contribution < 1.29 is 19.1 Å². The molecule has 0 saturated carbocycles. The second kappa shape index (κ2) is 6.02. The van der Waals surface area contributed by atoms with Gasteiger partial charge in [-0.15, -0.1) is 0 Å². The minimum atomic E-state index is -0.345. The van der Waals surface area contributed by atoms with Crippen LogP contribution in [0.3, 0.4) is 0 Å². The Morgan fingerprint density at radius 3 is 2.65 bits per heavy atom. The van der Waals surface area contributed by atoms with Crippen LogP contribution in [0.15, 0.2) is 6.07 Å². The van der Waals surface area contributed by atoms with Crippen LogP contribution in [0.5, 0.6) is 6.01 Å². The lowest BCUT2D eigenvalue weighted by Gasteiger charge is -2.44. The molecular weight excluding hydrogens is 300 g/mol. The number of amides is 1. The molecule has 0 spiro atoms. The number of aryl methyl sites for hydroxylation is 1. The van der Waals surface area contributed by atoms with E-state index in [1.54, 1.807) is 4.90 Å². The van der Waals surface area contributed by atoms with E-state index in [2.05, 4.69) is 14.9 Å². The topological polar surface area (TPSA) is 84.9 Å². The number of methoxy groups -OCH3 is 2. The molecule has 1 unspecified atom stereocenters. The average Bonchev–Trinajstić information content (AvgIpc) is 2.86. The Bertz CT molecular complexity index is 630. The lowest BCUT2D eigenvalue weighted by molar-refractivity contribution is -0.145. The minimum absolute atomic E-state index is 0.0153. The third kappa shape index (κ3) is 2.93. The summed E-state index contributed by atoms with van der Waals surface area (Å²) < 4.78 is 9.82. The van der Waals surface area contributed by atoms with Crippen molar-refractivity contribution in [1.29, 1.82) is 0 Å². The summed E-state index contributed by atoms with van der Waals surface area (Å²) in [6, 6.07) is 2.34. The molecule has 2 aliphatic rings. The molecule has 1 aromatic rings. The Morgan fingerprint density at radius 1 is 1.26 bits per heavy atom. The van der Waals surface area contributed by atoms with Crippen LogP contribution in [0.25, 0.3) is 0 Å². The van der Waals surface area contributed by atoms with E-state index in [1.165, 1.54) is 14.2 Å². The first-order chi connectivity index (χ1) is 11.0. The van der Waals surface area contributed by atoms with Gasteiger partial charge >= 0.3 is 12.0 Å². The van der Waals surface area contributed by atoms with Crippen molar-refractivity contribution in [3.63, 3.8) is 0 Å². The van der Waals surface area contributed by atoms with Gasteiger partial charge in [0.2, 0.25) is 5.91 Å². The predicted molar refractivity (Wildman–Crippen MR) is 81.2 cm³/mol. The fourth-order valence-electron chi connectivity index (χ4n) is 3.03. The van der Waals surface area contributed by atoms with E-state index in [9.17, 15) is 9.59 Å². The number of nitrogens with zero attached hydrogens (tertiary/aromatic N) is 4. The first-order valence-corrected chi connectivity index (χ1v) is 7.53. The molecule has 3 heterocycles. The maximum Gasteiger partial charge on any atom is 0.318 e. The van der Waals surface area contributed by atoms with Gasteiger partial charge in [0.15, 0.2) is 0 Å². The third-order valence-corrected chi connectivity index (χ3v) is 4.32. The van der Waals surface area contributed by atoms with Crippen LogP contribution >= 0.6 is 0 Å². The molecule has 1 amide bonds. The van der Waals surface area contributed by atoms with Crippen molar-refractivity contribution in [2.75, 3.05) is 38.8 Å². The number of anilines is 1. The van der Waals surface area contributed by atoms with Gasteiger partial charge in [0, 0.05) is 37.8 Å². The van der Waals surface area contributed by atoms with E-state index < -0.39 is 0 Å². The zero-order chi connectivity index (χ0) is 16.6. The maximum atomic E-state index is 12.1. The Morgan fingerprint density at radius 2 is 2.00 bits per heavy atom. The van der Waals surface area contributed by atoms with Gasteiger partial charge in [0.05, 0.1) is 26.2 Å². The molecule has 1 aromatic heterocycles. The van der Waals surface area contributed by atoms with Crippen LogP contribution in [0.2, 0.25) is 0 Å². The smallest absolute Gasteiger partial charge is 0.318 e. The summed E-state index contributed by atoms with van der Waals surface area (Å²) in [5.41, 5.74) is 0.832. The first kappa shape index (κ1) is 15.5. The molecule has 23 heavy (non-hydrogen) atoms. The molecule has 2 saturated heterocycles. The van der Waals surface area contributed by atoms with Crippen molar-refractivity contribution in [2.45, 2.75) is 19.4 Å². The van der Waals surface area contributed by atoms with Crippen LogP contribution < -0.4 is 9.64 Å². The summed E-state index contributed by atoms with van der Waals surface area (Å²) in [6.07, 6.45) is 0.240. The molecule has 2 aliphatic heterocycles. The second-order valence-electron chi connectivity index (χ2n) is 5.88. The highest BCUT2D eigenvalue weighted by Gasteiger charge is 2.43. The number of ether oxygens (including phenoxy) is 2. The molecule has 0 bridgehead atoms. The summed E-state index contributed by atoms with van der Waals surface area (Å²) in [6.45, 7) is 3.71. The summed E-state index contributed by atoms with van der Waals surface area (Å²) in [7, 11) is 2.89. The van der Waals surface area contributed by atoms with Crippen LogP contribution in [-0.2, 0) is 14.3 Å². The summed E-state index contributed by atoms with van der Waals surface area (Å²) in [4.78, 5) is 36.0. The normalized spacial score (nSPS) is 21.3. The molecule has 124 valence electrons. The summed E-state index contributed by atoms with van der Waals surface area (Å²) in [5.74, 6) is 0.152. The largest absolute Gasteiger partial charge is 0.469 e. The van der Waals surface area contributed by atoms with Crippen molar-refractivity contribution in [2.24, 2.45) is 5.92 Å². The molecule has 2 fully saturated rings. The third-order valence-electron chi connectivity index (χ3n) is 4.32. The highest BCUT2D eigenvalue weighted by molar-refractivity contribution is 5.87. The number of carbonyl (C=O) groups excluding carboxylic acids is 2. The Labute approximate surface area is 134 Å². The molecule has 0 aliphatic carbocycles. The van der Waals surface area contributed by atoms with Crippen LogP contribution in [0.4, 0.5) is 5.82 Å². The molecule has 8 heteroatoms. The fourth-order valence-corrected chi connectivity index (χ4v) is 3.03. The van der Waals surface area contributed by atoms with E-state index >= 15 is 0 Å². The number of carbonyl (C=O) groups is 2. The number of hydrogen-bond acceptors (Lipinski definition) is 7. The zero-order valence-electron chi connectivity index (χ0n) is 13.5.